The van der Waals surface area contributed by atoms with Gasteiger partial charge in [0.2, 0.25) is 5.91 Å². The number of hydrogen-bond donors (Lipinski definition) is 3. The van der Waals surface area contributed by atoms with Gasteiger partial charge in [-0.2, -0.15) is 0 Å². The van der Waals surface area contributed by atoms with Crippen LogP contribution in [0.5, 0.6) is 0 Å². The van der Waals surface area contributed by atoms with Crippen LogP contribution >= 0.6 is 0 Å². The molecule has 1 saturated heterocycles. The molecule has 2 aromatic carbocycles. The van der Waals surface area contributed by atoms with Crippen LogP contribution in [0.15, 0.2) is 48.5 Å². The number of alkyl carbamates (subject to hydrolysis) is 1. The summed E-state index contributed by atoms with van der Waals surface area (Å²) in [6.45, 7) is 0.511. The van der Waals surface area contributed by atoms with Crippen LogP contribution in [0.1, 0.15) is 42.7 Å². The molecular formula is C26H28N2O6. The largest absolute Gasteiger partial charge is 0.479 e. The van der Waals surface area contributed by atoms with Gasteiger partial charge in [0.05, 0.1) is 12.0 Å². The Labute approximate surface area is 197 Å². The van der Waals surface area contributed by atoms with Gasteiger partial charge in [-0.15, -0.1) is 0 Å². The highest BCUT2D eigenvalue weighted by Crippen LogP contribution is 2.44. The minimum atomic E-state index is -1.08. The van der Waals surface area contributed by atoms with Crippen molar-refractivity contribution in [2.75, 3.05) is 13.2 Å². The number of carbonyl (C=O) groups is 3. The first-order valence-electron chi connectivity index (χ1n) is 11.8. The SMILES string of the molecule is O=C(NC1CCCC1C(=O)N[C@H]1CCO[C@H]1C(=O)O)OCC1c2ccccc2-c2ccccc21. The zero-order chi connectivity index (χ0) is 23.7. The fourth-order valence-corrected chi connectivity index (χ4v) is 5.51. The number of fused-ring (bicyclic) bond motifs is 3. The van der Waals surface area contributed by atoms with Crippen molar-refractivity contribution in [3.05, 3.63) is 59.7 Å². The Balaban J connectivity index is 1.19. The van der Waals surface area contributed by atoms with Gasteiger partial charge in [0.15, 0.2) is 6.10 Å². The lowest BCUT2D eigenvalue weighted by atomic mass is 9.98. The summed E-state index contributed by atoms with van der Waals surface area (Å²) in [5.74, 6) is -1.78. The molecule has 1 aliphatic heterocycles. The van der Waals surface area contributed by atoms with E-state index in [2.05, 4.69) is 34.9 Å². The smallest absolute Gasteiger partial charge is 0.407 e. The monoisotopic (exact) mass is 464 g/mol. The molecule has 8 heteroatoms. The van der Waals surface area contributed by atoms with E-state index in [1.54, 1.807) is 0 Å². The molecule has 8 nitrogen and oxygen atoms in total. The third kappa shape index (κ3) is 4.25. The van der Waals surface area contributed by atoms with E-state index in [1.165, 1.54) is 0 Å². The molecular weight excluding hydrogens is 436 g/mol. The summed E-state index contributed by atoms with van der Waals surface area (Å²) >= 11 is 0. The molecule has 3 aliphatic rings. The van der Waals surface area contributed by atoms with E-state index in [0.29, 0.717) is 25.9 Å². The van der Waals surface area contributed by atoms with E-state index in [4.69, 9.17) is 9.47 Å². The summed E-state index contributed by atoms with van der Waals surface area (Å²) < 4.78 is 10.8. The first-order chi connectivity index (χ1) is 16.5. The third-order valence-electron chi connectivity index (χ3n) is 7.16. The quantitative estimate of drug-likeness (QED) is 0.606. The lowest BCUT2D eigenvalue weighted by molar-refractivity contribution is -0.148. The van der Waals surface area contributed by atoms with E-state index in [-0.39, 0.29) is 24.5 Å². The van der Waals surface area contributed by atoms with Crippen molar-refractivity contribution in [2.24, 2.45) is 5.92 Å². The average Bonchev–Trinajstić information content (AvgIpc) is 3.55. The number of carboxylic acid groups (broad SMARTS) is 1. The Morgan fingerprint density at radius 3 is 2.26 bits per heavy atom. The summed E-state index contributed by atoms with van der Waals surface area (Å²) in [4.78, 5) is 36.8. The number of hydrogen-bond acceptors (Lipinski definition) is 5. The van der Waals surface area contributed by atoms with Gasteiger partial charge in [-0.05, 0) is 41.5 Å². The topological polar surface area (TPSA) is 114 Å². The Bertz CT molecular complexity index is 1060. The Morgan fingerprint density at radius 1 is 0.912 bits per heavy atom. The van der Waals surface area contributed by atoms with Gasteiger partial charge in [0.1, 0.15) is 6.61 Å². The van der Waals surface area contributed by atoms with E-state index < -0.39 is 30.1 Å². The lowest BCUT2D eigenvalue weighted by Crippen LogP contribution is -2.50. The standard InChI is InChI=1S/C26H28N2O6/c29-24(27-22-12-13-33-23(22)25(30)31)19-10-5-11-21(19)28-26(32)34-14-20-17-8-3-1-6-15(17)16-7-2-4-9-18(16)20/h1-4,6-9,19-23H,5,10-14H2,(H,27,29)(H,28,32)(H,30,31)/t19?,21?,22-,23+/m0/s1. The van der Waals surface area contributed by atoms with Crippen molar-refractivity contribution >= 4 is 18.0 Å². The average molecular weight is 465 g/mol. The summed E-state index contributed by atoms with van der Waals surface area (Å²) in [5, 5.41) is 14.9. The fraction of sp³-hybridized carbons (Fsp3) is 0.423. The van der Waals surface area contributed by atoms with Crippen LogP contribution in [-0.2, 0) is 19.1 Å². The van der Waals surface area contributed by atoms with Crippen LogP contribution in [0.25, 0.3) is 11.1 Å². The molecule has 2 amide bonds. The Kier molecular flexibility index (Phi) is 6.24. The Morgan fingerprint density at radius 2 is 1.59 bits per heavy atom. The molecule has 34 heavy (non-hydrogen) atoms. The van der Waals surface area contributed by atoms with Gasteiger partial charge in [-0.25, -0.2) is 9.59 Å². The molecule has 0 spiro atoms. The second-order valence-corrected chi connectivity index (χ2v) is 9.15. The maximum absolute atomic E-state index is 12.9. The molecule has 0 radical (unpaired) electrons. The van der Waals surface area contributed by atoms with Crippen molar-refractivity contribution in [1.82, 2.24) is 10.6 Å². The second-order valence-electron chi connectivity index (χ2n) is 9.15. The van der Waals surface area contributed by atoms with Gasteiger partial charge in [0.25, 0.3) is 0 Å². The number of carboxylic acids is 1. The number of benzene rings is 2. The molecule has 178 valence electrons. The predicted molar refractivity (Wildman–Crippen MR) is 123 cm³/mol. The molecule has 2 aromatic rings. The van der Waals surface area contributed by atoms with Crippen LogP contribution in [0.4, 0.5) is 4.79 Å². The maximum atomic E-state index is 12.9. The zero-order valence-corrected chi connectivity index (χ0v) is 18.7. The fourth-order valence-electron chi connectivity index (χ4n) is 5.51. The highest BCUT2D eigenvalue weighted by molar-refractivity contribution is 5.83. The Hall–Kier alpha value is -3.39. The van der Waals surface area contributed by atoms with Crippen molar-refractivity contribution < 1.29 is 29.0 Å². The van der Waals surface area contributed by atoms with Crippen molar-refractivity contribution in [2.45, 2.75) is 49.8 Å². The number of ether oxygens (including phenoxy) is 2. The van der Waals surface area contributed by atoms with Gasteiger partial charge in [-0.1, -0.05) is 55.0 Å². The normalized spacial score (nSPS) is 25.4. The molecule has 0 bridgehead atoms. The predicted octanol–water partition coefficient (Wildman–Crippen LogP) is 3.05. The van der Waals surface area contributed by atoms with E-state index in [0.717, 1.165) is 28.7 Å². The summed E-state index contributed by atoms with van der Waals surface area (Å²) in [7, 11) is 0. The lowest BCUT2D eigenvalue weighted by Gasteiger charge is -2.24. The molecule has 2 aliphatic carbocycles. The van der Waals surface area contributed by atoms with Crippen LogP contribution in [0, 0.1) is 5.92 Å². The molecule has 2 unspecified atom stereocenters. The van der Waals surface area contributed by atoms with Crippen LogP contribution in [0.2, 0.25) is 0 Å². The zero-order valence-electron chi connectivity index (χ0n) is 18.7. The van der Waals surface area contributed by atoms with E-state index >= 15 is 0 Å². The second kappa shape index (κ2) is 9.46. The molecule has 2 fully saturated rings. The van der Waals surface area contributed by atoms with Gasteiger partial charge in [0, 0.05) is 18.6 Å². The number of carbonyl (C=O) groups excluding carboxylic acids is 2. The molecule has 1 heterocycles. The molecule has 3 N–H and O–H groups in total. The van der Waals surface area contributed by atoms with E-state index in [9.17, 15) is 19.5 Å². The van der Waals surface area contributed by atoms with Crippen molar-refractivity contribution in [3.8, 4) is 11.1 Å². The first kappa shape index (κ1) is 22.4. The third-order valence-corrected chi connectivity index (χ3v) is 7.16. The summed E-state index contributed by atoms with van der Waals surface area (Å²) in [6, 6.07) is 15.4. The van der Waals surface area contributed by atoms with E-state index in [1.807, 2.05) is 24.3 Å². The summed E-state index contributed by atoms with van der Waals surface area (Å²) in [6.07, 6.45) is 0.991. The number of amides is 2. The number of rotatable bonds is 6. The molecule has 5 rings (SSSR count). The van der Waals surface area contributed by atoms with Gasteiger partial charge in [-0.3, -0.25) is 4.79 Å². The van der Waals surface area contributed by atoms with Crippen LogP contribution < -0.4 is 10.6 Å². The van der Waals surface area contributed by atoms with Crippen LogP contribution in [0.3, 0.4) is 0 Å². The number of nitrogens with one attached hydrogen (secondary N) is 2. The highest BCUT2D eigenvalue weighted by Gasteiger charge is 2.40. The summed E-state index contributed by atoms with van der Waals surface area (Å²) in [5.41, 5.74) is 4.60. The van der Waals surface area contributed by atoms with Gasteiger partial charge < -0.3 is 25.2 Å². The molecule has 0 aromatic heterocycles. The maximum Gasteiger partial charge on any atom is 0.407 e. The first-order valence-corrected chi connectivity index (χ1v) is 11.8. The molecule has 4 atom stereocenters. The minimum absolute atomic E-state index is 0.0313. The number of aliphatic carboxylic acids is 1. The van der Waals surface area contributed by atoms with Gasteiger partial charge >= 0.3 is 12.1 Å². The highest BCUT2D eigenvalue weighted by atomic mass is 16.5. The molecule has 1 saturated carbocycles. The van der Waals surface area contributed by atoms with Crippen LogP contribution in [-0.4, -0.2) is 54.5 Å². The van der Waals surface area contributed by atoms with Crippen molar-refractivity contribution in [1.29, 1.82) is 0 Å². The van der Waals surface area contributed by atoms with Crippen molar-refractivity contribution in [3.63, 3.8) is 0 Å². The minimum Gasteiger partial charge on any atom is -0.479 e.